The maximum Gasteiger partial charge on any atom is 0.186 e. The second-order valence-electron chi connectivity index (χ2n) is 16.0. The van der Waals surface area contributed by atoms with Crippen LogP contribution in [0.3, 0.4) is 0 Å². The number of aliphatic hydroxyl groups is 7. The number of ether oxygens (including phenoxy) is 3. The van der Waals surface area contributed by atoms with E-state index in [1.54, 1.807) is 0 Å². The van der Waals surface area contributed by atoms with Gasteiger partial charge in [0.25, 0.3) is 0 Å². The van der Waals surface area contributed by atoms with Crippen molar-refractivity contribution in [1.82, 2.24) is 0 Å². The highest BCUT2D eigenvalue weighted by Crippen LogP contribution is 2.68. The summed E-state index contributed by atoms with van der Waals surface area (Å²) in [6.07, 6.45) is 0.467. The van der Waals surface area contributed by atoms with Gasteiger partial charge in [0.05, 0.1) is 43.7 Å². The second-order valence-corrected chi connectivity index (χ2v) is 16.0. The van der Waals surface area contributed by atoms with Gasteiger partial charge in [-0.1, -0.05) is 46.8 Å². The van der Waals surface area contributed by atoms with Crippen LogP contribution in [0.1, 0.15) is 73.1 Å². The molecule has 4 saturated carbocycles. The minimum Gasteiger partial charge on any atom is -0.393 e. The van der Waals surface area contributed by atoms with Crippen molar-refractivity contribution in [3.63, 3.8) is 0 Å². The molecule has 18 atom stereocenters. The van der Waals surface area contributed by atoms with Crippen LogP contribution >= 0.6 is 0 Å². The average Bonchev–Trinajstić information content (AvgIpc) is 3.19. The SMILES string of the molecule is CO[C@@H]1CO[C@@H](OCC[C@@H](/C=C/[C@@H](C)[C@H]2[C@@H](O)[C@@H](O)[C@H]3[C@@H]4C[C@H](O)[C@H]5[C@@H](O)[C@@H](O)CC[C@]5(C)[C@H]4CC[C@]23C)C(C)C)[C@H](O)[C@H]1O. The summed E-state index contributed by atoms with van der Waals surface area (Å²) >= 11 is 0. The van der Waals surface area contributed by atoms with Crippen molar-refractivity contribution in [1.29, 1.82) is 0 Å². The Kier molecular flexibility index (Phi) is 10.8. The van der Waals surface area contributed by atoms with E-state index in [-0.39, 0.29) is 58.9 Å². The molecule has 4 aliphatic carbocycles. The lowest BCUT2D eigenvalue weighted by molar-refractivity contribution is -0.273. The van der Waals surface area contributed by atoms with Gasteiger partial charge in [-0.15, -0.1) is 0 Å². The largest absolute Gasteiger partial charge is 0.393 e. The lowest BCUT2D eigenvalue weighted by Gasteiger charge is -2.63. The molecule has 0 aromatic heterocycles. The van der Waals surface area contributed by atoms with Crippen LogP contribution in [0.4, 0.5) is 0 Å². The number of methoxy groups -OCH3 is 1. The van der Waals surface area contributed by atoms with Crippen LogP contribution in [0, 0.1) is 58.2 Å². The number of fused-ring (bicyclic) bond motifs is 5. The fraction of sp³-hybridized carbons (Fsp3) is 0.943. The molecule has 1 saturated heterocycles. The van der Waals surface area contributed by atoms with Crippen LogP contribution in [-0.4, -0.2) is 111 Å². The van der Waals surface area contributed by atoms with Crippen molar-refractivity contribution in [3.8, 4) is 0 Å². The molecule has 0 spiro atoms. The third-order valence-electron chi connectivity index (χ3n) is 13.4. The zero-order valence-corrected chi connectivity index (χ0v) is 28.0. The first-order valence-corrected chi connectivity index (χ1v) is 17.4. The van der Waals surface area contributed by atoms with Gasteiger partial charge in [0, 0.05) is 13.0 Å². The molecule has 10 heteroatoms. The highest BCUT2D eigenvalue weighted by Gasteiger charge is 2.68. The summed E-state index contributed by atoms with van der Waals surface area (Å²) in [5.74, 6) is 0.0269. The van der Waals surface area contributed by atoms with E-state index in [4.69, 9.17) is 14.2 Å². The van der Waals surface area contributed by atoms with Crippen LogP contribution in [0.25, 0.3) is 0 Å². The van der Waals surface area contributed by atoms with Crippen LogP contribution in [0.5, 0.6) is 0 Å². The number of hydrogen-bond donors (Lipinski definition) is 7. The number of aliphatic hydroxyl groups excluding tert-OH is 7. The van der Waals surface area contributed by atoms with Gasteiger partial charge in [-0.2, -0.15) is 0 Å². The van der Waals surface area contributed by atoms with Gasteiger partial charge in [-0.05, 0) is 90.8 Å². The maximum absolute atomic E-state index is 11.6. The van der Waals surface area contributed by atoms with Gasteiger partial charge in [0.2, 0.25) is 0 Å². The van der Waals surface area contributed by atoms with E-state index in [1.165, 1.54) is 7.11 Å². The van der Waals surface area contributed by atoms with Gasteiger partial charge in [-0.3, -0.25) is 0 Å². The topological polar surface area (TPSA) is 169 Å². The van der Waals surface area contributed by atoms with Gasteiger partial charge >= 0.3 is 0 Å². The fourth-order valence-electron chi connectivity index (χ4n) is 11.0. The monoisotopic (exact) mass is 640 g/mol. The lowest BCUT2D eigenvalue weighted by atomic mass is 9.43. The Morgan fingerprint density at radius 2 is 1.49 bits per heavy atom. The van der Waals surface area contributed by atoms with Crippen molar-refractivity contribution < 1.29 is 50.0 Å². The Morgan fingerprint density at radius 3 is 2.16 bits per heavy atom. The zero-order valence-electron chi connectivity index (χ0n) is 28.0. The van der Waals surface area contributed by atoms with Crippen LogP contribution in [0.15, 0.2) is 12.2 Å². The van der Waals surface area contributed by atoms with Crippen LogP contribution in [0.2, 0.25) is 0 Å². The van der Waals surface area contributed by atoms with E-state index in [1.807, 2.05) is 0 Å². The molecule has 5 aliphatic rings. The van der Waals surface area contributed by atoms with Gasteiger partial charge < -0.3 is 50.0 Å². The van der Waals surface area contributed by atoms with Crippen molar-refractivity contribution in [2.45, 2.75) is 128 Å². The highest BCUT2D eigenvalue weighted by molar-refractivity contribution is 5.18. The molecule has 260 valence electrons. The summed E-state index contributed by atoms with van der Waals surface area (Å²) in [5.41, 5.74) is -0.642. The third-order valence-corrected chi connectivity index (χ3v) is 13.4. The van der Waals surface area contributed by atoms with Gasteiger partial charge in [-0.25, -0.2) is 0 Å². The minimum atomic E-state index is -1.19. The minimum absolute atomic E-state index is 0.00325. The molecule has 45 heavy (non-hydrogen) atoms. The smallest absolute Gasteiger partial charge is 0.186 e. The zero-order chi connectivity index (χ0) is 33.0. The average molecular weight is 641 g/mol. The molecule has 5 fully saturated rings. The Labute approximate surface area is 268 Å². The summed E-state index contributed by atoms with van der Waals surface area (Å²) in [4.78, 5) is 0. The molecule has 0 unspecified atom stereocenters. The van der Waals surface area contributed by atoms with Gasteiger partial charge in [0.15, 0.2) is 6.29 Å². The number of allylic oxidation sites excluding steroid dienone is 2. The maximum atomic E-state index is 11.6. The molecule has 0 aromatic rings. The summed E-state index contributed by atoms with van der Waals surface area (Å²) in [6, 6.07) is 0. The normalized spacial score (nSPS) is 51.5. The fourth-order valence-corrected chi connectivity index (χ4v) is 11.0. The molecule has 0 radical (unpaired) electrons. The standard InChI is InChI=1S/C35H60O10/c1-17(2)19(11-14-44-33-32(42)29(39)24(43-6)16-45-33)8-7-18(3)25-30(40)31(41)26-20-15-23(37)27-28(38)22(36)10-13-34(27,4)21(20)9-12-35(25,26)5/h7-8,17-33,36-42H,9-16H2,1-6H3/b8-7+/t18-,19-,20-,21+,22+,23+,24-,25+,26-,27+,28+,29+,30-,31+,32-,33-,34-,35-/m1/s1. The molecular formula is C35H60O10. The highest BCUT2D eigenvalue weighted by atomic mass is 16.7. The van der Waals surface area contributed by atoms with E-state index in [0.717, 1.165) is 19.3 Å². The number of hydrogen-bond acceptors (Lipinski definition) is 10. The van der Waals surface area contributed by atoms with E-state index in [9.17, 15) is 35.7 Å². The lowest BCUT2D eigenvalue weighted by Crippen LogP contribution is -2.63. The molecule has 1 aliphatic heterocycles. The quantitative estimate of drug-likeness (QED) is 0.185. The first-order chi connectivity index (χ1) is 21.2. The van der Waals surface area contributed by atoms with E-state index in [2.05, 4.69) is 46.8 Å². The predicted octanol–water partition coefficient (Wildman–Crippen LogP) is 1.85. The van der Waals surface area contributed by atoms with E-state index >= 15 is 0 Å². The second kappa shape index (κ2) is 13.7. The summed E-state index contributed by atoms with van der Waals surface area (Å²) in [6.45, 7) is 11.3. The molecule has 7 N–H and O–H groups in total. The molecular weight excluding hydrogens is 580 g/mol. The molecule has 0 amide bonds. The van der Waals surface area contributed by atoms with Crippen molar-refractivity contribution >= 4 is 0 Å². The van der Waals surface area contributed by atoms with Crippen molar-refractivity contribution in [2.75, 3.05) is 20.3 Å². The van der Waals surface area contributed by atoms with Crippen molar-refractivity contribution in [2.24, 2.45) is 58.2 Å². The summed E-state index contributed by atoms with van der Waals surface area (Å²) in [7, 11) is 1.47. The van der Waals surface area contributed by atoms with Crippen molar-refractivity contribution in [3.05, 3.63) is 12.2 Å². The van der Waals surface area contributed by atoms with Crippen LogP contribution in [-0.2, 0) is 14.2 Å². The molecule has 0 bridgehead atoms. The molecule has 5 rings (SSSR count). The molecule has 0 aromatic carbocycles. The Morgan fingerprint density at radius 1 is 0.800 bits per heavy atom. The first-order valence-electron chi connectivity index (χ1n) is 17.4. The Balaban J connectivity index is 1.26. The van der Waals surface area contributed by atoms with Crippen LogP contribution < -0.4 is 0 Å². The Hall–Kier alpha value is -0.660. The van der Waals surface area contributed by atoms with E-state index < -0.39 is 55.1 Å². The predicted molar refractivity (Wildman–Crippen MR) is 167 cm³/mol. The summed E-state index contributed by atoms with van der Waals surface area (Å²) < 4.78 is 16.6. The van der Waals surface area contributed by atoms with Gasteiger partial charge in [0.1, 0.15) is 18.3 Å². The Bertz CT molecular complexity index is 1020. The summed E-state index contributed by atoms with van der Waals surface area (Å²) in [5, 5.41) is 76.5. The first kappa shape index (κ1) is 35.6. The number of rotatable bonds is 9. The molecule has 10 nitrogen and oxygen atoms in total. The molecule has 1 heterocycles. The third kappa shape index (κ3) is 6.20. The van der Waals surface area contributed by atoms with E-state index in [0.29, 0.717) is 31.8 Å².